The van der Waals surface area contributed by atoms with Crippen LogP contribution in [0.4, 0.5) is 5.69 Å². The number of halogens is 2. The van der Waals surface area contributed by atoms with Gasteiger partial charge in [-0.2, -0.15) is 0 Å². The fourth-order valence-electron chi connectivity index (χ4n) is 2.85. The number of hydrogen-bond donors (Lipinski definition) is 3. The van der Waals surface area contributed by atoms with E-state index in [0.29, 0.717) is 17.8 Å². The maximum absolute atomic E-state index is 12.2. The maximum atomic E-state index is 12.2. The first-order valence-corrected chi connectivity index (χ1v) is 8.79. The summed E-state index contributed by atoms with van der Waals surface area (Å²) >= 11 is 0. The molecule has 0 aliphatic carbocycles. The Morgan fingerprint density at radius 1 is 1.23 bits per heavy atom. The summed E-state index contributed by atoms with van der Waals surface area (Å²) in [6, 6.07) is 6.95. The molecule has 0 aromatic heterocycles. The molecule has 0 bridgehead atoms. The lowest BCUT2D eigenvalue weighted by Gasteiger charge is -2.18. The molecule has 2 rings (SSSR count). The van der Waals surface area contributed by atoms with Crippen molar-refractivity contribution in [3.8, 4) is 0 Å². The van der Waals surface area contributed by atoms with Crippen LogP contribution >= 0.6 is 24.8 Å². The summed E-state index contributed by atoms with van der Waals surface area (Å²) in [7, 11) is 0. The van der Waals surface area contributed by atoms with Gasteiger partial charge in [-0.3, -0.25) is 9.59 Å². The molecule has 1 saturated heterocycles. The second kappa shape index (κ2) is 12.9. The van der Waals surface area contributed by atoms with E-state index in [1.165, 1.54) is 0 Å². The van der Waals surface area contributed by atoms with Crippen LogP contribution in [0.1, 0.15) is 37.0 Å². The molecular weight excluding hydrogens is 375 g/mol. The fraction of sp³-hybridized carbons (Fsp3) is 0.556. The second-order valence-corrected chi connectivity index (χ2v) is 6.00. The fourth-order valence-corrected chi connectivity index (χ4v) is 2.85. The Labute approximate surface area is 168 Å². The van der Waals surface area contributed by atoms with Crippen LogP contribution in [0.2, 0.25) is 0 Å². The molecule has 0 spiro atoms. The van der Waals surface area contributed by atoms with Gasteiger partial charge in [-0.15, -0.1) is 24.8 Å². The van der Waals surface area contributed by atoms with Crippen molar-refractivity contribution in [2.45, 2.75) is 32.7 Å². The lowest BCUT2D eigenvalue weighted by Crippen LogP contribution is -2.36. The molecule has 3 N–H and O–H groups in total. The molecule has 1 aliphatic heterocycles. The molecule has 1 fully saturated rings. The lowest BCUT2D eigenvalue weighted by atomic mass is 10.1. The van der Waals surface area contributed by atoms with Crippen LogP contribution in [-0.4, -0.2) is 55.5 Å². The van der Waals surface area contributed by atoms with Gasteiger partial charge in [-0.25, -0.2) is 0 Å². The van der Waals surface area contributed by atoms with Gasteiger partial charge in [0.15, 0.2) is 0 Å². The van der Waals surface area contributed by atoms with E-state index < -0.39 is 0 Å². The minimum absolute atomic E-state index is 0. The van der Waals surface area contributed by atoms with E-state index in [4.69, 9.17) is 0 Å². The van der Waals surface area contributed by atoms with Gasteiger partial charge in [-0.05, 0) is 50.7 Å². The highest BCUT2D eigenvalue weighted by Crippen LogP contribution is 2.13. The summed E-state index contributed by atoms with van der Waals surface area (Å²) in [4.78, 5) is 26.6. The molecule has 1 aliphatic rings. The molecule has 1 aromatic carbocycles. The first kappa shape index (κ1) is 24.7. The Bertz CT molecular complexity index is 562. The van der Waals surface area contributed by atoms with Gasteiger partial charge in [0.05, 0.1) is 6.04 Å². The van der Waals surface area contributed by atoms with Crippen LogP contribution in [0.25, 0.3) is 0 Å². The zero-order valence-corrected chi connectivity index (χ0v) is 17.0. The molecule has 1 atom stereocenters. The quantitative estimate of drug-likeness (QED) is 0.621. The van der Waals surface area contributed by atoms with Crippen LogP contribution < -0.4 is 16.0 Å². The van der Waals surface area contributed by atoms with Gasteiger partial charge in [0.25, 0.3) is 5.91 Å². The van der Waals surface area contributed by atoms with Crippen LogP contribution in [-0.2, 0) is 4.79 Å². The van der Waals surface area contributed by atoms with Gasteiger partial charge in [0.2, 0.25) is 5.91 Å². The lowest BCUT2D eigenvalue weighted by molar-refractivity contribution is -0.117. The Hall–Kier alpha value is -1.34. The molecule has 1 aromatic rings. The number of likely N-dealkylation sites (N-methyl/N-ethyl adjacent to an activating group) is 1. The molecule has 0 saturated carbocycles. The van der Waals surface area contributed by atoms with Crippen molar-refractivity contribution in [2.24, 2.45) is 0 Å². The van der Waals surface area contributed by atoms with Crippen molar-refractivity contribution in [2.75, 3.05) is 38.0 Å². The Balaban J connectivity index is 0.00000312. The first-order valence-electron chi connectivity index (χ1n) is 8.79. The molecule has 148 valence electrons. The minimum Gasteiger partial charge on any atom is -0.351 e. The smallest absolute Gasteiger partial charge is 0.251 e. The Morgan fingerprint density at radius 3 is 2.58 bits per heavy atom. The Kier molecular flexibility index (Phi) is 12.3. The van der Waals surface area contributed by atoms with Gasteiger partial charge in [0, 0.05) is 24.3 Å². The van der Waals surface area contributed by atoms with E-state index in [2.05, 4.69) is 34.7 Å². The second-order valence-electron chi connectivity index (χ2n) is 6.00. The van der Waals surface area contributed by atoms with Crippen molar-refractivity contribution in [1.29, 1.82) is 0 Å². The van der Waals surface area contributed by atoms with Gasteiger partial charge >= 0.3 is 0 Å². The monoisotopic (exact) mass is 404 g/mol. The number of carbonyl (C=O) groups is 2. The number of benzene rings is 1. The standard InChI is InChI=1S/C18H28N4O2.2ClH/c1-3-22(4-2)12-11-20-17(23)14-7-5-8-15(13-14)21-18(24)16-9-6-10-19-16;;/h5,7-8,13,16,19H,3-4,6,9-12H2,1-2H3,(H,20,23)(H,21,24);2*1H. The Morgan fingerprint density at radius 2 is 1.96 bits per heavy atom. The van der Waals surface area contributed by atoms with Crippen molar-refractivity contribution in [3.05, 3.63) is 29.8 Å². The summed E-state index contributed by atoms with van der Waals surface area (Å²) < 4.78 is 0. The average molecular weight is 405 g/mol. The number of carbonyl (C=O) groups excluding carboxylic acids is 2. The average Bonchev–Trinajstić information content (AvgIpc) is 3.13. The largest absolute Gasteiger partial charge is 0.351 e. The van der Waals surface area contributed by atoms with E-state index in [1.54, 1.807) is 24.3 Å². The molecule has 26 heavy (non-hydrogen) atoms. The van der Waals surface area contributed by atoms with E-state index in [-0.39, 0.29) is 42.7 Å². The summed E-state index contributed by atoms with van der Waals surface area (Å²) in [5.74, 6) is -0.149. The van der Waals surface area contributed by atoms with Crippen LogP contribution in [0, 0.1) is 0 Å². The van der Waals surface area contributed by atoms with Crippen LogP contribution in [0.5, 0.6) is 0 Å². The van der Waals surface area contributed by atoms with Crippen molar-refractivity contribution < 1.29 is 9.59 Å². The predicted molar refractivity (Wildman–Crippen MR) is 111 cm³/mol. The molecular formula is C18H30Cl2N4O2. The predicted octanol–water partition coefficient (Wildman–Crippen LogP) is 2.29. The van der Waals surface area contributed by atoms with E-state index in [1.807, 2.05) is 0 Å². The first-order chi connectivity index (χ1) is 11.6. The highest BCUT2D eigenvalue weighted by Gasteiger charge is 2.22. The summed E-state index contributed by atoms with van der Waals surface area (Å²) in [6.45, 7) is 8.50. The third-order valence-electron chi connectivity index (χ3n) is 4.38. The zero-order chi connectivity index (χ0) is 17.4. The highest BCUT2D eigenvalue weighted by molar-refractivity contribution is 5.98. The summed E-state index contributed by atoms with van der Waals surface area (Å²) in [5.41, 5.74) is 1.22. The number of amides is 2. The minimum atomic E-state index is -0.128. The number of anilines is 1. The zero-order valence-electron chi connectivity index (χ0n) is 15.4. The van der Waals surface area contributed by atoms with Crippen LogP contribution in [0.3, 0.4) is 0 Å². The van der Waals surface area contributed by atoms with Gasteiger partial charge in [-0.1, -0.05) is 19.9 Å². The highest BCUT2D eigenvalue weighted by atomic mass is 35.5. The number of nitrogens with one attached hydrogen (secondary N) is 3. The van der Waals surface area contributed by atoms with Crippen LogP contribution in [0.15, 0.2) is 24.3 Å². The number of rotatable bonds is 8. The molecule has 6 nitrogen and oxygen atoms in total. The topological polar surface area (TPSA) is 73.5 Å². The third kappa shape index (κ3) is 7.50. The van der Waals surface area contributed by atoms with Crippen molar-refractivity contribution in [3.63, 3.8) is 0 Å². The molecule has 1 unspecified atom stereocenters. The van der Waals surface area contributed by atoms with E-state index in [0.717, 1.165) is 39.0 Å². The van der Waals surface area contributed by atoms with E-state index in [9.17, 15) is 9.59 Å². The third-order valence-corrected chi connectivity index (χ3v) is 4.38. The molecule has 8 heteroatoms. The molecule has 0 radical (unpaired) electrons. The normalized spacial score (nSPS) is 15.7. The molecule has 2 amide bonds. The number of hydrogen-bond acceptors (Lipinski definition) is 4. The van der Waals surface area contributed by atoms with Crippen molar-refractivity contribution >= 4 is 42.3 Å². The summed E-state index contributed by atoms with van der Waals surface area (Å²) in [6.07, 6.45) is 1.88. The van der Waals surface area contributed by atoms with E-state index >= 15 is 0 Å². The van der Waals surface area contributed by atoms with Crippen molar-refractivity contribution in [1.82, 2.24) is 15.5 Å². The molecule has 1 heterocycles. The SMILES string of the molecule is CCN(CC)CCNC(=O)c1cccc(NC(=O)C2CCCN2)c1.Cl.Cl. The number of nitrogens with zero attached hydrogens (tertiary/aromatic N) is 1. The summed E-state index contributed by atoms with van der Waals surface area (Å²) in [5, 5.41) is 8.98. The maximum Gasteiger partial charge on any atom is 0.251 e. The van der Waals surface area contributed by atoms with Gasteiger partial charge < -0.3 is 20.9 Å². The van der Waals surface area contributed by atoms with Gasteiger partial charge in [0.1, 0.15) is 0 Å².